The number of likely N-dealkylation sites (tertiary alicyclic amines) is 1. The molecule has 1 aliphatic rings. The number of fused-ring (bicyclic) bond motifs is 1. The molecule has 2 atom stereocenters. The lowest BCUT2D eigenvalue weighted by Gasteiger charge is -2.28. The highest BCUT2D eigenvalue weighted by atomic mass is 16.6. The number of imidazole rings is 1. The number of amides is 3. The van der Waals surface area contributed by atoms with Crippen molar-refractivity contribution in [3.63, 3.8) is 0 Å². The minimum atomic E-state index is -0.646. The van der Waals surface area contributed by atoms with Crippen molar-refractivity contribution in [3.05, 3.63) is 89.9 Å². The van der Waals surface area contributed by atoms with Crippen LogP contribution in [-0.2, 0) is 20.9 Å². The Morgan fingerprint density at radius 3 is 2.56 bits per heavy atom. The number of hydrogen-bond acceptors (Lipinski definition) is 7. The summed E-state index contributed by atoms with van der Waals surface area (Å²) in [5.74, 6) is 1.34. The van der Waals surface area contributed by atoms with Gasteiger partial charge in [-0.2, -0.15) is 0 Å². The molecular weight excluding hydrogens is 656 g/mol. The number of hydrogen-bond donors (Lipinski definition) is 2. The quantitative estimate of drug-likeness (QED) is 0.141. The fourth-order valence-electron chi connectivity index (χ4n) is 6.69. The SMILES string of the molecule is CCCN(Cc1nc2cc(-c3cnc(-c4ccc(C)c(NC(=O)[C@@H]5CCCN5C(=O)OC(C)(C)C)c4)o3)ccc2[nH]1)C(=O)[C@H](CC)c1ccccc1. The lowest BCUT2D eigenvalue weighted by atomic mass is 9.95. The Morgan fingerprint density at radius 1 is 1.06 bits per heavy atom. The molecule has 3 aromatic carbocycles. The standard InChI is InChI=1S/C41H48N6O5/c1-7-20-46(39(49)30(8-2)27-13-10-9-11-14-27)25-36-43-31-19-18-28(22-33(31)44-36)35-24-42-38(51-35)29-17-16-26(3)32(23-29)45-37(48)34-15-12-21-47(34)40(50)52-41(4,5)6/h9-11,13-14,16-19,22-24,30,34H,7-8,12,15,20-21,25H2,1-6H3,(H,43,44)(H,45,48)/t30-,34+/m1/s1. The summed E-state index contributed by atoms with van der Waals surface area (Å²) in [7, 11) is 0. The Labute approximate surface area is 304 Å². The van der Waals surface area contributed by atoms with Gasteiger partial charge < -0.3 is 24.4 Å². The summed E-state index contributed by atoms with van der Waals surface area (Å²) >= 11 is 0. The summed E-state index contributed by atoms with van der Waals surface area (Å²) in [5, 5.41) is 3.02. The highest BCUT2D eigenvalue weighted by molar-refractivity contribution is 5.98. The normalized spacial score (nSPS) is 15.1. The number of H-pyrrole nitrogens is 1. The average Bonchev–Trinajstić information content (AvgIpc) is 3.89. The van der Waals surface area contributed by atoms with E-state index in [-0.39, 0.29) is 17.7 Å². The third kappa shape index (κ3) is 8.19. The van der Waals surface area contributed by atoms with Gasteiger partial charge >= 0.3 is 6.09 Å². The Morgan fingerprint density at radius 2 is 1.83 bits per heavy atom. The summed E-state index contributed by atoms with van der Waals surface area (Å²) in [5.41, 5.74) is 5.01. The van der Waals surface area contributed by atoms with Crippen LogP contribution in [0.15, 0.2) is 77.3 Å². The molecule has 0 spiro atoms. The van der Waals surface area contributed by atoms with Crippen molar-refractivity contribution in [3.8, 4) is 22.8 Å². The summed E-state index contributed by atoms with van der Waals surface area (Å²) in [6.45, 7) is 13.0. The maximum atomic E-state index is 13.7. The molecule has 0 bridgehead atoms. The number of nitrogens with zero attached hydrogens (tertiary/aromatic N) is 4. The molecule has 272 valence electrons. The van der Waals surface area contributed by atoms with E-state index < -0.39 is 17.7 Å². The van der Waals surface area contributed by atoms with Crippen molar-refractivity contribution < 1.29 is 23.5 Å². The van der Waals surface area contributed by atoms with Crippen molar-refractivity contribution in [2.75, 3.05) is 18.4 Å². The number of aromatic amines is 1. The molecule has 1 fully saturated rings. The molecule has 1 saturated heterocycles. The first-order valence-corrected chi connectivity index (χ1v) is 18.1. The molecule has 5 aromatic rings. The molecule has 3 heterocycles. The fraction of sp³-hybridized carbons (Fsp3) is 0.390. The Hall–Kier alpha value is -5.45. The van der Waals surface area contributed by atoms with E-state index in [0.29, 0.717) is 49.0 Å². The zero-order chi connectivity index (χ0) is 37.0. The number of aromatic nitrogens is 3. The van der Waals surface area contributed by atoms with Crippen molar-refractivity contribution in [1.29, 1.82) is 0 Å². The highest BCUT2D eigenvalue weighted by Crippen LogP contribution is 2.31. The van der Waals surface area contributed by atoms with E-state index in [9.17, 15) is 14.4 Å². The van der Waals surface area contributed by atoms with Crippen molar-refractivity contribution >= 4 is 34.6 Å². The van der Waals surface area contributed by atoms with Crippen LogP contribution in [0.1, 0.15) is 83.2 Å². The van der Waals surface area contributed by atoms with Crippen LogP contribution < -0.4 is 5.32 Å². The average molecular weight is 705 g/mol. The monoisotopic (exact) mass is 704 g/mol. The summed E-state index contributed by atoms with van der Waals surface area (Å²) < 4.78 is 11.8. The fourth-order valence-corrected chi connectivity index (χ4v) is 6.69. The molecule has 11 heteroatoms. The number of anilines is 1. The Balaban J connectivity index is 1.16. The molecule has 11 nitrogen and oxygen atoms in total. The maximum Gasteiger partial charge on any atom is 0.410 e. The van der Waals surface area contributed by atoms with Crippen LogP contribution in [0.3, 0.4) is 0 Å². The molecule has 0 saturated carbocycles. The molecule has 0 unspecified atom stereocenters. The number of nitrogens with one attached hydrogen (secondary N) is 2. The third-order valence-corrected chi connectivity index (χ3v) is 9.30. The van der Waals surface area contributed by atoms with Crippen molar-refractivity contribution in [2.24, 2.45) is 0 Å². The lowest BCUT2D eigenvalue weighted by Crippen LogP contribution is -2.45. The number of benzene rings is 3. The van der Waals surface area contributed by atoms with Crippen LogP contribution in [0.25, 0.3) is 33.8 Å². The second-order valence-electron chi connectivity index (χ2n) is 14.4. The number of oxazole rings is 1. The van der Waals surface area contributed by atoms with Crippen LogP contribution in [0, 0.1) is 6.92 Å². The second kappa shape index (κ2) is 15.4. The summed E-state index contributed by atoms with van der Waals surface area (Å²) in [4.78, 5) is 56.1. The van der Waals surface area contributed by atoms with E-state index in [4.69, 9.17) is 14.1 Å². The third-order valence-electron chi connectivity index (χ3n) is 9.30. The van der Waals surface area contributed by atoms with Gasteiger partial charge in [0.05, 0.1) is 29.7 Å². The summed E-state index contributed by atoms with van der Waals surface area (Å²) in [6.07, 6.45) is 4.06. The van der Waals surface area contributed by atoms with E-state index in [1.165, 1.54) is 4.90 Å². The van der Waals surface area contributed by atoms with E-state index >= 15 is 0 Å². The van der Waals surface area contributed by atoms with E-state index in [1.807, 2.05) is 106 Å². The number of carbonyl (C=O) groups excluding carboxylic acids is 3. The van der Waals surface area contributed by atoms with E-state index in [0.717, 1.165) is 52.8 Å². The van der Waals surface area contributed by atoms with Gasteiger partial charge in [0.2, 0.25) is 17.7 Å². The maximum absolute atomic E-state index is 13.7. The molecule has 0 radical (unpaired) electrons. The highest BCUT2D eigenvalue weighted by Gasteiger charge is 2.37. The summed E-state index contributed by atoms with van der Waals surface area (Å²) in [6, 6.07) is 20.8. The smallest absolute Gasteiger partial charge is 0.410 e. The minimum Gasteiger partial charge on any atom is -0.444 e. The molecule has 2 aromatic heterocycles. The number of aryl methyl sites for hydroxylation is 1. The first-order chi connectivity index (χ1) is 24.9. The van der Waals surface area contributed by atoms with Gasteiger partial charge in [0.1, 0.15) is 17.5 Å². The first kappa shape index (κ1) is 36.3. The zero-order valence-corrected chi connectivity index (χ0v) is 30.9. The predicted octanol–water partition coefficient (Wildman–Crippen LogP) is 8.46. The van der Waals surface area contributed by atoms with Crippen molar-refractivity contribution in [1.82, 2.24) is 24.8 Å². The number of carbonyl (C=O) groups is 3. The Kier molecular flexibility index (Phi) is 10.8. The van der Waals surface area contributed by atoms with Crippen LogP contribution in [-0.4, -0.2) is 67.4 Å². The van der Waals surface area contributed by atoms with Gasteiger partial charge in [-0.15, -0.1) is 0 Å². The molecular formula is C41H48N6O5. The van der Waals surface area contributed by atoms with Gasteiger partial charge in [-0.1, -0.05) is 50.2 Å². The van der Waals surface area contributed by atoms with E-state index in [1.54, 1.807) is 6.20 Å². The van der Waals surface area contributed by atoms with Gasteiger partial charge in [-0.3, -0.25) is 14.5 Å². The molecule has 0 aliphatic carbocycles. The van der Waals surface area contributed by atoms with Crippen LogP contribution in [0.5, 0.6) is 0 Å². The van der Waals surface area contributed by atoms with Gasteiger partial charge in [-0.05, 0) is 94.8 Å². The molecule has 52 heavy (non-hydrogen) atoms. The van der Waals surface area contributed by atoms with Gasteiger partial charge in [0.15, 0.2) is 5.76 Å². The Bertz CT molecular complexity index is 2050. The largest absolute Gasteiger partial charge is 0.444 e. The van der Waals surface area contributed by atoms with Gasteiger partial charge in [-0.25, -0.2) is 14.8 Å². The molecule has 3 amide bonds. The number of rotatable bonds is 11. The number of ether oxygens (including phenoxy) is 1. The zero-order valence-electron chi connectivity index (χ0n) is 30.9. The topological polar surface area (TPSA) is 134 Å². The minimum absolute atomic E-state index is 0.103. The molecule has 2 N–H and O–H groups in total. The van der Waals surface area contributed by atoms with Gasteiger partial charge in [0, 0.05) is 29.9 Å². The second-order valence-corrected chi connectivity index (χ2v) is 14.4. The van der Waals surface area contributed by atoms with Crippen LogP contribution in [0.2, 0.25) is 0 Å². The molecule has 1 aliphatic heterocycles. The van der Waals surface area contributed by atoms with Crippen molar-refractivity contribution in [2.45, 2.75) is 91.3 Å². The van der Waals surface area contributed by atoms with Crippen LogP contribution >= 0.6 is 0 Å². The predicted molar refractivity (Wildman–Crippen MR) is 202 cm³/mol. The van der Waals surface area contributed by atoms with Gasteiger partial charge in [0.25, 0.3) is 0 Å². The lowest BCUT2D eigenvalue weighted by molar-refractivity contribution is -0.133. The van der Waals surface area contributed by atoms with E-state index in [2.05, 4.69) is 22.2 Å². The molecule has 6 rings (SSSR count). The van der Waals surface area contributed by atoms with Crippen LogP contribution in [0.4, 0.5) is 10.5 Å². The first-order valence-electron chi connectivity index (χ1n) is 18.1.